The topological polar surface area (TPSA) is 6.48 Å². The number of rotatable bonds is 10. The van der Waals surface area contributed by atoms with Crippen molar-refractivity contribution in [3.05, 3.63) is 416 Å². The van der Waals surface area contributed by atoms with E-state index in [2.05, 4.69) is 519 Å². The van der Waals surface area contributed by atoms with Gasteiger partial charge < -0.3 is 9.80 Å². The molecule has 0 heterocycles. The van der Waals surface area contributed by atoms with Gasteiger partial charge in [0.05, 0.1) is 0 Å². The first-order valence-corrected chi connectivity index (χ1v) is 50.3. The van der Waals surface area contributed by atoms with Crippen LogP contribution in [0.3, 0.4) is 0 Å². The number of hydrogen-bond donors (Lipinski definition) is 0. The van der Waals surface area contributed by atoms with E-state index in [9.17, 15) is 0 Å². The second-order valence-electron chi connectivity index (χ2n) is 49.1. The van der Waals surface area contributed by atoms with Gasteiger partial charge in [0.25, 0.3) is 0 Å². The van der Waals surface area contributed by atoms with E-state index in [1.54, 1.807) is 0 Å². The number of benzene rings is 16. The monoisotopic (exact) mass is 1790 g/mol. The van der Waals surface area contributed by atoms with Gasteiger partial charge in [-0.15, -0.1) is 0 Å². The van der Waals surface area contributed by atoms with E-state index in [0.717, 1.165) is 34.1 Å². The van der Waals surface area contributed by atoms with Gasteiger partial charge in [0.1, 0.15) is 0 Å². The molecular weight excluding hydrogens is 1650 g/mol. The molecule has 0 fully saturated rings. The first-order valence-electron chi connectivity index (χ1n) is 50.3. The second kappa shape index (κ2) is 31.1. The highest BCUT2D eigenvalue weighted by atomic mass is 15.1. The first kappa shape index (κ1) is 90.6. The third-order valence-corrected chi connectivity index (χ3v) is 32.9. The number of fused-ring (bicyclic) bond motifs is 18. The third kappa shape index (κ3) is 14.5. The largest absolute Gasteiger partial charge is 0.310 e. The molecule has 16 aromatic carbocycles. The summed E-state index contributed by atoms with van der Waals surface area (Å²) in [5.41, 5.74) is 57.3. The molecule has 0 radical (unpaired) electrons. The van der Waals surface area contributed by atoms with Gasteiger partial charge in [0.15, 0.2) is 0 Å². The Hall–Kier alpha value is -12.9. The second-order valence-corrected chi connectivity index (χ2v) is 49.1. The highest BCUT2D eigenvalue weighted by Gasteiger charge is 2.45. The summed E-state index contributed by atoms with van der Waals surface area (Å²) in [6, 6.07) is 122. The standard InChI is InChI=1S/C69H71N.C66H65N/c1-64(2,3)44-27-32-52-50-30-25-42(35-58(50)68(12,13)60(52)37-44)55-39-48(70(46-21-17-16-18-22-46)47-29-34-54-49-23-19-20-24-57(49)67(10,11)62(54)41-47)40-56(63(55)66(7,8)9)43-26-31-51-53-33-28-45(65(4,5)6)38-61(53)69(14,15)59(51)36-43;1-40-54(41-23-28-49-51-30-25-43(62(2,3)4)35-59(51)65(10,11)57(49)33-41)37-47(38-55(40)42-24-29-50-52-31-26-44(63(5,6)7)36-60(52)66(12,13)58(50)34-42)67(45-19-15-14-16-20-45)46-27-32-53-48-21-17-18-22-56(48)64(8,9)61(53)39-46/h16-41H,1-15H3;14-39H,1-13H3. The lowest BCUT2D eigenvalue weighted by Crippen LogP contribution is -2.19. The molecule has 6 aliphatic carbocycles. The minimum absolute atomic E-state index is 0.0671. The Labute approximate surface area is 818 Å². The smallest absolute Gasteiger partial charge is 0.0474 e. The van der Waals surface area contributed by atoms with Gasteiger partial charge in [-0.2, -0.15) is 0 Å². The third-order valence-electron chi connectivity index (χ3n) is 32.9. The predicted octanol–water partition coefficient (Wildman–Crippen LogP) is 37.6. The van der Waals surface area contributed by atoms with Crippen molar-refractivity contribution in [2.45, 2.75) is 253 Å². The number of hydrogen-bond acceptors (Lipinski definition) is 2. The Morgan fingerprint density at radius 1 is 0.161 bits per heavy atom. The van der Waals surface area contributed by atoms with E-state index < -0.39 is 0 Å². The zero-order valence-electron chi connectivity index (χ0n) is 86.4. The summed E-state index contributed by atoms with van der Waals surface area (Å²) in [5.74, 6) is 0. The van der Waals surface area contributed by atoms with E-state index in [1.807, 2.05) is 0 Å². The van der Waals surface area contributed by atoms with E-state index in [4.69, 9.17) is 0 Å². The number of para-hydroxylation sites is 2. The lowest BCUT2D eigenvalue weighted by molar-refractivity contribution is 0.584. The SMILES string of the molecule is CC(C)(C)c1ccc2c(c1)C(C)(C)c1cc(-c3cc(N(c4ccccc4)c4ccc5c(c4)C(C)(C)c4ccccc4-5)cc(-c4ccc5c(c4)C(C)(C)c4cc(C(C)(C)C)ccc4-5)c3C(C)(C)C)ccc1-2.Cc1c(-c2ccc3c(c2)C(C)(C)c2cc(C(C)(C)C)ccc2-3)cc(N(c2ccccc2)c2ccc3c(c2)C(C)(C)c2ccccc2-3)cc1-c1ccc2c(c1)C(C)(C)c1cc(C(C)(C)C)ccc1-2. The van der Waals surface area contributed by atoms with Gasteiger partial charge in [-0.3, -0.25) is 0 Å². The molecule has 0 atom stereocenters. The Morgan fingerprint density at radius 3 is 0.642 bits per heavy atom. The molecule has 0 unspecified atom stereocenters. The molecule has 22 rings (SSSR count). The van der Waals surface area contributed by atoms with Crippen LogP contribution in [0.4, 0.5) is 34.1 Å². The fraction of sp³-hybridized carbons (Fsp3) is 0.289. The van der Waals surface area contributed by atoms with Crippen molar-refractivity contribution in [1.82, 2.24) is 0 Å². The van der Waals surface area contributed by atoms with Gasteiger partial charge in [-0.05, 0) is 342 Å². The van der Waals surface area contributed by atoms with Crippen molar-refractivity contribution in [2.24, 2.45) is 0 Å². The summed E-state index contributed by atoms with van der Waals surface area (Å²) in [4.78, 5) is 5.01. The van der Waals surface area contributed by atoms with Gasteiger partial charge in [0.2, 0.25) is 0 Å². The van der Waals surface area contributed by atoms with Crippen LogP contribution in [0, 0.1) is 6.92 Å². The van der Waals surface area contributed by atoms with Gasteiger partial charge in [-0.25, -0.2) is 0 Å². The van der Waals surface area contributed by atoms with Gasteiger partial charge in [-0.1, -0.05) is 405 Å². The van der Waals surface area contributed by atoms with Gasteiger partial charge >= 0.3 is 0 Å². The summed E-state index contributed by atoms with van der Waals surface area (Å²) in [7, 11) is 0. The molecule has 0 bridgehead atoms. The molecule has 6 aliphatic rings. The van der Waals surface area contributed by atoms with Crippen LogP contribution in [0.1, 0.15) is 287 Å². The molecular formula is C135H136N2. The van der Waals surface area contributed by atoms with Crippen LogP contribution < -0.4 is 9.80 Å². The molecule has 0 N–H and O–H groups in total. The molecule has 0 amide bonds. The Morgan fingerprint density at radius 2 is 0.372 bits per heavy atom. The maximum atomic E-state index is 2.54. The Bertz CT molecular complexity index is 7400. The average molecular weight is 1790 g/mol. The highest BCUT2D eigenvalue weighted by molar-refractivity contribution is 5.98. The van der Waals surface area contributed by atoms with E-state index in [-0.39, 0.29) is 59.6 Å². The molecule has 0 aromatic heterocycles. The summed E-state index contributed by atoms with van der Waals surface area (Å²) in [5, 5.41) is 0. The Balaban J connectivity index is 0.000000164. The summed E-state index contributed by atoms with van der Waals surface area (Å²) in [6.07, 6.45) is 0. The van der Waals surface area contributed by atoms with E-state index in [0.29, 0.717) is 0 Å². The van der Waals surface area contributed by atoms with Crippen molar-refractivity contribution < 1.29 is 0 Å². The van der Waals surface area contributed by atoms with Crippen LogP contribution in [0.5, 0.6) is 0 Å². The summed E-state index contributed by atoms with van der Waals surface area (Å²) >= 11 is 0. The van der Waals surface area contributed by atoms with Crippen molar-refractivity contribution >= 4 is 34.1 Å². The molecule has 2 heteroatoms. The van der Waals surface area contributed by atoms with Crippen molar-refractivity contribution in [1.29, 1.82) is 0 Å². The number of nitrogens with zero attached hydrogens (tertiary/aromatic N) is 2. The zero-order chi connectivity index (χ0) is 96.8. The van der Waals surface area contributed by atoms with Crippen LogP contribution in [0.25, 0.3) is 111 Å². The van der Waals surface area contributed by atoms with Crippen LogP contribution in [0.2, 0.25) is 0 Å². The molecule has 16 aromatic rings. The lowest BCUT2D eigenvalue weighted by Gasteiger charge is -2.33. The van der Waals surface area contributed by atoms with Crippen molar-refractivity contribution in [3.63, 3.8) is 0 Å². The minimum Gasteiger partial charge on any atom is -0.310 e. The maximum Gasteiger partial charge on any atom is 0.0474 e. The molecule has 0 saturated carbocycles. The summed E-state index contributed by atoms with van der Waals surface area (Å²) < 4.78 is 0. The molecule has 0 saturated heterocycles. The quantitative estimate of drug-likeness (QED) is 0.135. The molecule has 686 valence electrons. The molecule has 0 aliphatic heterocycles. The highest BCUT2D eigenvalue weighted by Crippen LogP contribution is 2.61. The average Bonchev–Trinajstić information content (AvgIpc) is 1.59. The maximum absolute atomic E-state index is 2.54. The predicted molar refractivity (Wildman–Crippen MR) is 588 cm³/mol. The van der Waals surface area contributed by atoms with Crippen LogP contribution >= 0.6 is 0 Å². The van der Waals surface area contributed by atoms with E-state index >= 15 is 0 Å². The molecule has 0 spiro atoms. The van der Waals surface area contributed by atoms with Crippen molar-refractivity contribution in [2.75, 3.05) is 9.80 Å². The molecule has 2 nitrogen and oxygen atoms in total. The summed E-state index contributed by atoms with van der Waals surface area (Å²) in [6.45, 7) is 66.4. The normalized spacial score (nSPS) is 15.6. The van der Waals surface area contributed by atoms with Gasteiger partial charge in [0, 0.05) is 66.6 Å². The molecule has 137 heavy (non-hydrogen) atoms. The van der Waals surface area contributed by atoms with Crippen LogP contribution in [0.15, 0.2) is 315 Å². The zero-order valence-corrected chi connectivity index (χ0v) is 86.4. The fourth-order valence-corrected chi connectivity index (χ4v) is 24.6. The van der Waals surface area contributed by atoms with E-state index in [1.165, 1.54) is 211 Å². The number of anilines is 6. The fourth-order valence-electron chi connectivity index (χ4n) is 24.6. The van der Waals surface area contributed by atoms with Crippen molar-refractivity contribution in [3.8, 4) is 111 Å². The first-order chi connectivity index (χ1) is 64.5. The minimum atomic E-state index is -0.206. The lowest BCUT2D eigenvalue weighted by atomic mass is 9.75. The Kier molecular flexibility index (Phi) is 20.5. The van der Waals surface area contributed by atoms with Crippen LogP contribution in [-0.2, 0) is 59.6 Å². The van der Waals surface area contributed by atoms with Crippen LogP contribution in [-0.4, -0.2) is 0 Å².